The summed E-state index contributed by atoms with van der Waals surface area (Å²) in [6, 6.07) is 15.5. The van der Waals surface area contributed by atoms with Crippen LogP contribution in [0.5, 0.6) is 5.75 Å². The third-order valence-electron chi connectivity index (χ3n) is 5.48. The smallest absolute Gasteiger partial charge is 0.263 e. The molecule has 0 saturated carbocycles. The molecule has 0 aliphatic carbocycles. The molecule has 156 valence electrons. The van der Waals surface area contributed by atoms with Gasteiger partial charge in [0.15, 0.2) is 6.10 Å². The average Bonchev–Trinajstić information content (AvgIpc) is 2.79. The first-order valence-corrected chi connectivity index (χ1v) is 10.6. The summed E-state index contributed by atoms with van der Waals surface area (Å²) in [4.78, 5) is 26.2. The fourth-order valence-electron chi connectivity index (χ4n) is 3.82. The number of carbonyl (C=O) groups is 1. The number of nitrogens with zero attached hydrogens (tertiary/aromatic N) is 4. The van der Waals surface area contributed by atoms with E-state index in [1.165, 1.54) is 0 Å². The average molecular weight is 405 g/mol. The lowest BCUT2D eigenvalue weighted by Crippen LogP contribution is -2.51. The Hall–Kier alpha value is -2.99. The molecule has 3 aromatic rings. The topological polar surface area (TPSA) is 58.6 Å². The highest BCUT2D eigenvalue weighted by atomic mass is 16.5. The van der Waals surface area contributed by atoms with Gasteiger partial charge in [-0.15, -0.1) is 0 Å². The molecule has 1 fully saturated rings. The third-order valence-corrected chi connectivity index (χ3v) is 5.48. The minimum Gasteiger partial charge on any atom is -0.481 e. The summed E-state index contributed by atoms with van der Waals surface area (Å²) in [6.07, 6.45) is 2.42. The molecule has 1 aliphatic heterocycles. The van der Waals surface area contributed by atoms with Gasteiger partial charge < -0.3 is 9.64 Å². The van der Waals surface area contributed by atoms with Crippen LogP contribution >= 0.6 is 0 Å². The van der Waals surface area contributed by atoms with E-state index in [0.29, 0.717) is 5.75 Å². The van der Waals surface area contributed by atoms with E-state index in [0.717, 1.165) is 61.4 Å². The molecule has 1 atom stereocenters. The molecule has 0 unspecified atom stereocenters. The fourth-order valence-corrected chi connectivity index (χ4v) is 3.82. The highest BCUT2D eigenvalue weighted by Crippen LogP contribution is 2.23. The van der Waals surface area contributed by atoms with Crippen molar-refractivity contribution in [1.82, 2.24) is 19.8 Å². The SMILES string of the molecule is CCCN1CCN(C(=O)[C@H](C)Oc2ccc(-c3cnc4ccccc4n3)cc2)CC1. The number of benzene rings is 2. The number of rotatable bonds is 6. The largest absolute Gasteiger partial charge is 0.481 e. The normalized spacial score (nSPS) is 15.9. The van der Waals surface area contributed by atoms with Gasteiger partial charge in [0, 0.05) is 31.7 Å². The van der Waals surface area contributed by atoms with Crippen molar-refractivity contribution in [2.24, 2.45) is 0 Å². The van der Waals surface area contributed by atoms with Gasteiger partial charge in [0.1, 0.15) is 5.75 Å². The zero-order valence-electron chi connectivity index (χ0n) is 17.6. The molecule has 4 rings (SSSR count). The van der Waals surface area contributed by atoms with Crippen LogP contribution in [0, 0.1) is 0 Å². The minimum absolute atomic E-state index is 0.0515. The summed E-state index contributed by atoms with van der Waals surface area (Å²) in [5, 5.41) is 0. The van der Waals surface area contributed by atoms with Crippen molar-refractivity contribution in [3.63, 3.8) is 0 Å². The number of carbonyl (C=O) groups excluding carboxylic acids is 1. The molecular formula is C24H28N4O2. The van der Waals surface area contributed by atoms with Crippen LogP contribution in [0.1, 0.15) is 20.3 Å². The first kappa shape index (κ1) is 20.3. The molecule has 1 saturated heterocycles. The van der Waals surface area contributed by atoms with E-state index >= 15 is 0 Å². The number of ether oxygens (including phenoxy) is 1. The lowest BCUT2D eigenvalue weighted by Gasteiger charge is -2.35. The molecule has 1 aliphatic rings. The number of hydrogen-bond acceptors (Lipinski definition) is 5. The maximum absolute atomic E-state index is 12.7. The zero-order chi connectivity index (χ0) is 20.9. The van der Waals surface area contributed by atoms with Crippen molar-refractivity contribution in [2.75, 3.05) is 32.7 Å². The van der Waals surface area contributed by atoms with E-state index in [1.807, 2.05) is 60.4 Å². The molecule has 1 aromatic heterocycles. The first-order chi connectivity index (χ1) is 14.6. The summed E-state index contributed by atoms with van der Waals surface area (Å²) >= 11 is 0. The Morgan fingerprint density at radius 1 is 1.03 bits per heavy atom. The van der Waals surface area contributed by atoms with E-state index in [4.69, 9.17) is 4.74 Å². The summed E-state index contributed by atoms with van der Waals surface area (Å²) in [6.45, 7) is 8.52. The molecule has 2 heterocycles. The number of amides is 1. The second kappa shape index (κ2) is 9.22. The number of fused-ring (bicyclic) bond motifs is 1. The highest BCUT2D eigenvalue weighted by Gasteiger charge is 2.25. The predicted octanol–water partition coefficient (Wildman–Crippen LogP) is 3.62. The van der Waals surface area contributed by atoms with E-state index < -0.39 is 6.10 Å². The van der Waals surface area contributed by atoms with E-state index in [2.05, 4.69) is 21.8 Å². The predicted molar refractivity (Wildman–Crippen MR) is 118 cm³/mol. The maximum Gasteiger partial charge on any atom is 0.263 e. The standard InChI is InChI=1S/C24H28N4O2/c1-3-12-27-13-15-28(16-14-27)24(29)18(2)30-20-10-8-19(9-11-20)23-17-25-21-6-4-5-7-22(21)26-23/h4-11,17-18H,3,12-16H2,1-2H3/t18-/m0/s1. The van der Waals surface area contributed by atoms with Gasteiger partial charge in [-0.2, -0.15) is 0 Å². The van der Waals surface area contributed by atoms with E-state index in [9.17, 15) is 4.79 Å². The lowest BCUT2D eigenvalue weighted by molar-refractivity contribution is -0.139. The van der Waals surface area contributed by atoms with Gasteiger partial charge in [0.2, 0.25) is 0 Å². The van der Waals surface area contributed by atoms with Crippen LogP contribution in [0.3, 0.4) is 0 Å². The van der Waals surface area contributed by atoms with Crippen molar-refractivity contribution in [3.8, 4) is 17.0 Å². The molecule has 6 nitrogen and oxygen atoms in total. The van der Waals surface area contributed by atoms with Crippen molar-refractivity contribution in [2.45, 2.75) is 26.4 Å². The molecule has 30 heavy (non-hydrogen) atoms. The maximum atomic E-state index is 12.7. The molecule has 2 aromatic carbocycles. The summed E-state index contributed by atoms with van der Waals surface area (Å²) < 4.78 is 5.92. The second-order valence-corrected chi connectivity index (χ2v) is 7.70. The zero-order valence-corrected chi connectivity index (χ0v) is 17.6. The summed E-state index contributed by atoms with van der Waals surface area (Å²) in [5.41, 5.74) is 3.53. The Labute approximate surface area is 177 Å². The molecule has 0 N–H and O–H groups in total. The van der Waals surface area contributed by atoms with Crippen LogP contribution in [0.25, 0.3) is 22.3 Å². The van der Waals surface area contributed by atoms with Gasteiger partial charge in [-0.05, 0) is 56.3 Å². The van der Waals surface area contributed by atoms with Gasteiger partial charge in [0.05, 0.1) is 22.9 Å². The third kappa shape index (κ3) is 4.60. The Bertz CT molecular complexity index is 998. The Kier molecular flexibility index (Phi) is 6.23. The molecular weight excluding hydrogens is 376 g/mol. The quantitative estimate of drug-likeness (QED) is 0.628. The van der Waals surface area contributed by atoms with Gasteiger partial charge in [-0.1, -0.05) is 19.1 Å². The molecule has 0 radical (unpaired) electrons. The Morgan fingerprint density at radius 2 is 1.73 bits per heavy atom. The molecule has 1 amide bonds. The van der Waals surface area contributed by atoms with Gasteiger partial charge in [-0.25, -0.2) is 4.98 Å². The highest BCUT2D eigenvalue weighted by molar-refractivity contribution is 5.81. The summed E-state index contributed by atoms with van der Waals surface area (Å²) in [7, 11) is 0. The van der Waals surface area contributed by atoms with Crippen LogP contribution in [-0.4, -0.2) is 64.5 Å². The lowest BCUT2D eigenvalue weighted by atomic mass is 10.1. The van der Waals surface area contributed by atoms with Crippen molar-refractivity contribution in [1.29, 1.82) is 0 Å². The molecule has 0 spiro atoms. The van der Waals surface area contributed by atoms with Crippen LogP contribution in [0.2, 0.25) is 0 Å². The second-order valence-electron chi connectivity index (χ2n) is 7.70. The van der Waals surface area contributed by atoms with Crippen LogP contribution < -0.4 is 4.74 Å². The Balaban J connectivity index is 1.37. The minimum atomic E-state index is -0.506. The van der Waals surface area contributed by atoms with Crippen LogP contribution in [0.4, 0.5) is 0 Å². The number of piperazine rings is 1. The summed E-state index contributed by atoms with van der Waals surface area (Å²) in [5.74, 6) is 0.730. The van der Waals surface area contributed by atoms with Crippen molar-refractivity contribution in [3.05, 3.63) is 54.7 Å². The fraction of sp³-hybridized carbons (Fsp3) is 0.375. The first-order valence-electron chi connectivity index (χ1n) is 10.6. The Morgan fingerprint density at radius 3 is 2.43 bits per heavy atom. The van der Waals surface area contributed by atoms with Crippen LogP contribution in [0.15, 0.2) is 54.7 Å². The molecule has 0 bridgehead atoms. The number of para-hydroxylation sites is 2. The van der Waals surface area contributed by atoms with E-state index in [-0.39, 0.29) is 5.91 Å². The van der Waals surface area contributed by atoms with Crippen molar-refractivity contribution >= 4 is 16.9 Å². The number of hydrogen-bond donors (Lipinski definition) is 0. The van der Waals surface area contributed by atoms with Gasteiger partial charge >= 0.3 is 0 Å². The number of aromatic nitrogens is 2. The van der Waals surface area contributed by atoms with Crippen LogP contribution in [-0.2, 0) is 4.79 Å². The molecule has 6 heteroatoms. The van der Waals surface area contributed by atoms with Gasteiger partial charge in [0.25, 0.3) is 5.91 Å². The van der Waals surface area contributed by atoms with E-state index in [1.54, 1.807) is 6.20 Å². The monoisotopic (exact) mass is 404 g/mol. The van der Waals surface area contributed by atoms with Crippen molar-refractivity contribution < 1.29 is 9.53 Å². The van der Waals surface area contributed by atoms with Gasteiger partial charge in [-0.3, -0.25) is 14.7 Å².